The van der Waals surface area contributed by atoms with Gasteiger partial charge in [-0.3, -0.25) is 0 Å². The third-order valence-corrected chi connectivity index (χ3v) is 11.3. The fourth-order valence-electron chi connectivity index (χ4n) is 9.35. The highest BCUT2D eigenvalue weighted by Gasteiger charge is 2.60. The van der Waals surface area contributed by atoms with E-state index in [1.165, 1.54) is 51.4 Å². The van der Waals surface area contributed by atoms with E-state index in [-0.39, 0.29) is 23.5 Å². The number of rotatable bonds is 6. The van der Waals surface area contributed by atoms with Crippen molar-refractivity contribution in [2.24, 2.45) is 45.8 Å². The van der Waals surface area contributed by atoms with Crippen LogP contribution in [0.25, 0.3) is 0 Å². The predicted octanol–water partition coefficient (Wildman–Crippen LogP) is 7.14. The SMILES string of the molecule is CC(C)CCCC(C)C1CCC2C3=C(CC[C@@]21C)[C@@]1(C)CC[C@H](O)[C@@](C)(CO)C1CC3. The summed E-state index contributed by atoms with van der Waals surface area (Å²) in [4.78, 5) is 0. The van der Waals surface area contributed by atoms with Crippen LogP contribution in [0.5, 0.6) is 0 Å². The zero-order valence-electron chi connectivity index (χ0n) is 21.3. The third-order valence-electron chi connectivity index (χ3n) is 11.3. The smallest absolute Gasteiger partial charge is 0.0619 e. The first-order valence-electron chi connectivity index (χ1n) is 13.6. The lowest BCUT2D eigenvalue weighted by molar-refractivity contribution is -0.126. The average molecular weight is 431 g/mol. The van der Waals surface area contributed by atoms with Gasteiger partial charge in [-0.2, -0.15) is 0 Å². The molecule has 0 amide bonds. The van der Waals surface area contributed by atoms with Gasteiger partial charge in [0.05, 0.1) is 12.7 Å². The van der Waals surface area contributed by atoms with Crippen LogP contribution >= 0.6 is 0 Å². The van der Waals surface area contributed by atoms with Crippen LogP contribution in [-0.4, -0.2) is 22.9 Å². The van der Waals surface area contributed by atoms with Crippen LogP contribution in [0.15, 0.2) is 11.1 Å². The molecule has 2 fully saturated rings. The number of allylic oxidation sites excluding steroid dienone is 2. The number of aliphatic hydroxyl groups is 2. The molecule has 0 aromatic heterocycles. The molecule has 2 saturated carbocycles. The maximum Gasteiger partial charge on any atom is 0.0619 e. The van der Waals surface area contributed by atoms with Crippen molar-refractivity contribution in [3.63, 3.8) is 0 Å². The van der Waals surface area contributed by atoms with Crippen molar-refractivity contribution in [1.82, 2.24) is 0 Å². The monoisotopic (exact) mass is 430 g/mol. The van der Waals surface area contributed by atoms with E-state index in [2.05, 4.69) is 41.5 Å². The van der Waals surface area contributed by atoms with Gasteiger partial charge in [0.25, 0.3) is 0 Å². The lowest BCUT2D eigenvalue weighted by Crippen LogP contribution is -2.56. The molecule has 2 heteroatoms. The maximum atomic E-state index is 10.8. The molecular weight excluding hydrogens is 380 g/mol. The van der Waals surface area contributed by atoms with Gasteiger partial charge in [-0.05, 0) is 91.8 Å². The van der Waals surface area contributed by atoms with Gasteiger partial charge in [-0.25, -0.2) is 0 Å². The topological polar surface area (TPSA) is 40.5 Å². The summed E-state index contributed by atoms with van der Waals surface area (Å²) in [5, 5.41) is 21.1. The Hall–Kier alpha value is -0.340. The summed E-state index contributed by atoms with van der Waals surface area (Å²) in [5.41, 5.74) is 3.95. The molecule has 4 rings (SSSR count). The van der Waals surface area contributed by atoms with Crippen LogP contribution in [0.2, 0.25) is 0 Å². The minimum Gasteiger partial charge on any atom is -0.396 e. The largest absolute Gasteiger partial charge is 0.396 e. The molecule has 0 aromatic rings. The lowest BCUT2D eigenvalue weighted by Gasteiger charge is -2.60. The Balaban J connectivity index is 1.58. The van der Waals surface area contributed by atoms with E-state index < -0.39 is 0 Å². The summed E-state index contributed by atoms with van der Waals surface area (Å²) in [5.74, 6) is 3.78. The molecule has 2 nitrogen and oxygen atoms in total. The summed E-state index contributed by atoms with van der Waals surface area (Å²) in [6.45, 7) is 14.7. The second-order valence-corrected chi connectivity index (χ2v) is 13.3. The average Bonchev–Trinajstić information content (AvgIpc) is 3.08. The summed E-state index contributed by atoms with van der Waals surface area (Å²) in [7, 11) is 0. The Kier molecular flexibility index (Phi) is 6.50. The van der Waals surface area contributed by atoms with Crippen molar-refractivity contribution < 1.29 is 10.2 Å². The van der Waals surface area contributed by atoms with Crippen LogP contribution in [0.1, 0.15) is 112 Å². The highest BCUT2D eigenvalue weighted by Crippen LogP contribution is 2.68. The quantitative estimate of drug-likeness (QED) is 0.440. The molecule has 31 heavy (non-hydrogen) atoms. The van der Waals surface area contributed by atoms with Crippen molar-refractivity contribution in [3.8, 4) is 0 Å². The van der Waals surface area contributed by atoms with E-state index in [0.29, 0.717) is 11.3 Å². The van der Waals surface area contributed by atoms with Gasteiger partial charge in [0.15, 0.2) is 0 Å². The van der Waals surface area contributed by atoms with Crippen LogP contribution in [0.3, 0.4) is 0 Å². The van der Waals surface area contributed by atoms with E-state index in [9.17, 15) is 10.2 Å². The Morgan fingerprint density at radius 2 is 1.68 bits per heavy atom. The number of aliphatic hydroxyl groups excluding tert-OH is 2. The van der Waals surface area contributed by atoms with Crippen molar-refractivity contribution >= 4 is 0 Å². The normalized spacial score (nSPS) is 46.0. The van der Waals surface area contributed by atoms with Crippen molar-refractivity contribution in [1.29, 1.82) is 0 Å². The summed E-state index contributed by atoms with van der Waals surface area (Å²) in [6.07, 6.45) is 13.6. The van der Waals surface area contributed by atoms with E-state index in [4.69, 9.17) is 0 Å². The van der Waals surface area contributed by atoms with Gasteiger partial charge in [-0.15, -0.1) is 0 Å². The minimum atomic E-state index is -0.353. The van der Waals surface area contributed by atoms with Crippen LogP contribution in [-0.2, 0) is 0 Å². The molecule has 4 aliphatic carbocycles. The predicted molar refractivity (Wildman–Crippen MR) is 130 cm³/mol. The van der Waals surface area contributed by atoms with Gasteiger partial charge >= 0.3 is 0 Å². The van der Waals surface area contributed by atoms with E-state index in [1.54, 1.807) is 5.57 Å². The van der Waals surface area contributed by atoms with E-state index in [0.717, 1.165) is 42.9 Å². The first-order chi connectivity index (χ1) is 14.6. The minimum absolute atomic E-state index is 0.119. The van der Waals surface area contributed by atoms with Gasteiger partial charge in [0, 0.05) is 5.41 Å². The molecule has 0 spiro atoms. The molecule has 0 saturated heterocycles. The first kappa shape index (κ1) is 23.8. The molecule has 2 N–H and O–H groups in total. The zero-order chi connectivity index (χ0) is 22.6. The fraction of sp³-hybridized carbons (Fsp3) is 0.931. The molecule has 0 aromatic carbocycles. The van der Waals surface area contributed by atoms with Crippen LogP contribution in [0, 0.1) is 45.8 Å². The number of hydrogen-bond donors (Lipinski definition) is 2. The zero-order valence-corrected chi connectivity index (χ0v) is 21.3. The second-order valence-electron chi connectivity index (χ2n) is 13.3. The summed E-state index contributed by atoms with van der Waals surface area (Å²) < 4.78 is 0. The first-order valence-corrected chi connectivity index (χ1v) is 13.6. The van der Waals surface area contributed by atoms with Gasteiger partial charge in [0.2, 0.25) is 0 Å². The standard InChI is InChI=1S/C29H50O2/c1-19(2)8-7-9-20(3)22-11-12-23-21-10-13-25-28(5,24(21)14-16-27(22,23)4)17-15-26(31)29(25,6)18-30/h19-20,22-23,25-26,30-31H,7-18H2,1-6H3/t20?,22?,23?,25?,26-,27+,28+,29-/m0/s1. The van der Waals surface area contributed by atoms with E-state index in [1.807, 2.05) is 5.57 Å². The second kappa shape index (κ2) is 8.46. The Labute approximate surface area is 192 Å². The Morgan fingerprint density at radius 3 is 2.35 bits per heavy atom. The van der Waals surface area contributed by atoms with Gasteiger partial charge in [0.1, 0.15) is 0 Å². The molecular formula is C29H50O2. The van der Waals surface area contributed by atoms with Crippen molar-refractivity contribution in [2.75, 3.05) is 6.61 Å². The molecule has 0 bridgehead atoms. The Morgan fingerprint density at radius 1 is 0.935 bits per heavy atom. The molecule has 178 valence electrons. The molecule has 4 aliphatic rings. The molecule has 8 atom stereocenters. The molecule has 0 heterocycles. The summed E-state index contributed by atoms with van der Waals surface area (Å²) in [6, 6.07) is 0. The van der Waals surface area contributed by atoms with Crippen molar-refractivity contribution in [3.05, 3.63) is 11.1 Å². The maximum absolute atomic E-state index is 10.8. The Bertz CT molecular complexity index is 695. The highest BCUT2D eigenvalue weighted by molar-refractivity contribution is 5.35. The van der Waals surface area contributed by atoms with Crippen LogP contribution < -0.4 is 0 Å². The lowest BCUT2D eigenvalue weighted by atomic mass is 9.45. The van der Waals surface area contributed by atoms with Gasteiger partial charge in [-0.1, -0.05) is 72.0 Å². The van der Waals surface area contributed by atoms with E-state index >= 15 is 0 Å². The third kappa shape index (κ3) is 3.67. The molecule has 4 unspecified atom stereocenters. The van der Waals surface area contributed by atoms with Crippen LogP contribution in [0.4, 0.5) is 0 Å². The number of hydrogen-bond acceptors (Lipinski definition) is 2. The molecule has 0 aliphatic heterocycles. The van der Waals surface area contributed by atoms with Crippen molar-refractivity contribution in [2.45, 2.75) is 118 Å². The number of fused-ring (bicyclic) bond motifs is 4. The summed E-state index contributed by atoms with van der Waals surface area (Å²) >= 11 is 0. The highest BCUT2D eigenvalue weighted by atomic mass is 16.3. The molecule has 0 radical (unpaired) electrons. The fourth-order valence-corrected chi connectivity index (χ4v) is 9.35. The van der Waals surface area contributed by atoms with Gasteiger partial charge < -0.3 is 10.2 Å².